The Kier molecular flexibility index (Phi) is 3.11. The quantitative estimate of drug-likeness (QED) is 0.243. The van der Waals surface area contributed by atoms with Crippen LogP contribution in [0.15, 0.2) is 85.3 Å². The molecule has 0 saturated carbocycles. The van der Waals surface area contributed by atoms with E-state index in [2.05, 4.69) is 70.0 Å². The Morgan fingerprint density at radius 2 is 1.51 bits per heavy atom. The maximum Gasteiger partial charge on any atom is 0.149 e. The summed E-state index contributed by atoms with van der Waals surface area (Å²) >= 11 is 0. The summed E-state index contributed by atoms with van der Waals surface area (Å²) in [4.78, 5) is 14.5. The zero-order chi connectivity index (χ0) is 22.7. The number of nitrogens with zero attached hydrogens (tertiary/aromatic N) is 4. The maximum atomic E-state index is 5.27. The van der Waals surface area contributed by atoms with Crippen LogP contribution >= 0.6 is 0 Å². The highest BCUT2D eigenvalue weighted by Crippen LogP contribution is 2.50. The number of hydrogen-bond acceptors (Lipinski definition) is 3. The molecule has 0 fully saturated rings. The van der Waals surface area contributed by atoms with E-state index in [1.165, 1.54) is 44.5 Å². The first-order chi connectivity index (χ1) is 17.4. The molecule has 0 N–H and O–H groups in total. The fourth-order valence-electron chi connectivity index (χ4n) is 6.51. The third kappa shape index (κ3) is 2.11. The Morgan fingerprint density at radius 1 is 0.629 bits per heavy atom. The molecule has 7 aromatic rings. The number of hydrogen-bond donors (Lipinski definition) is 0. The Bertz CT molecular complexity index is 2070. The van der Waals surface area contributed by atoms with Crippen LogP contribution in [0, 0.1) is 0 Å². The minimum absolute atomic E-state index is 0.906. The Labute approximate surface area is 200 Å². The van der Waals surface area contributed by atoms with Crippen molar-refractivity contribution in [2.45, 2.75) is 12.8 Å². The lowest BCUT2D eigenvalue weighted by molar-refractivity contribution is 1.23. The minimum atomic E-state index is 0.906. The molecule has 0 atom stereocenters. The molecule has 9 rings (SSSR count). The number of fused-ring (bicyclic) bond motifs is 16. The predicted molar refractivity (Wildman–Crippen MR) is 140 cm³/mol. The van der Waals surface area contributed by atoms with Crippen LogP contribution in [0.25, 0.3) is 60.7 Å². The van der Waals surface area contributed by atoms with E-state index in [1.807, 2.05) is 24.7 Å². The zero-order valence-corrected chi connectivity index (χ0v) is 18.8. The molecule has 0 radical (unpaired) electrons. The van der Waals surface area contributed by atoms with Crippen LogP contribution in [0.1, 0.15) is 22.3 Å². The molecule has 0 unspecified atom stereocenters. The summed E-state index contributed by atoms with van der Waals surface area (Å²) in [6.07, 6.45) is 7.57. The number of aromatic nitrogens is 4. The van der Waals surface area contributed by atoms with Crippen molar-refractivity contribution in [1.29, 1.82) is 0 Å². The van der Waals surface area contributed by atoms with Crippen molar-refractivity contribution in [3.05, 3.63) is 108 Å². The van der Waals surface area contributed by atoms with Crippen molar-refractivity contribution < 1.29 is 0 Å². The Balaban J connectivity index is 1.42. The molecule has 3 aromatic carbocycles. The second-order valence-electron chi connectivity index (χ2n) is 9.67. The standard InChI is InChI=1S/C31H18N4/c1-2-5-20-17(4-1)14-18-7-8-19-15-24-22(28(19)27(18)20)9-10-26-29(24)34-31-25-16-32-13-11-21(25)23-6-3-12-33-30(23)35(26)31/h1-13,16H,14-15H2. The van der Waals surface area contributed by atoms with Crippen molar-refractivity contribution in [2.75, 3.05) is 0 Å². The zero-order valence-electron chi connectivity index (χ0n) is 18.8. The van der Waals surface area contributed by atoms with Crippen LogP contribution in [0.5, 0.6) is 0 Å². The van der Waals surface area contributed by atoms with Gasteiger partial charge in [-0.2, -0.15) is 0 Å². The summed E-state index contributed by atoms with van der Waals surface area (Å²) in [5, 5.41) is 3.32. The van der Waals surface area contributed by atoms with E-state index >= 15 is 0 Å². The summed E-state index contributed by atoms with van der Waals surface area (Å²) in [5.74, 6) is 0. The molecule has 35 heavy (non-hydrogen) atoms. The highest BCUT2D eigenvalue weighted by molar-refractivity contribution is 6.13. The van der Waals surface area contributed by atoms with Gasteiger partial charge < -0.3 is 0 Å². The summed E-state index contributed by atoms with van der Waals surface area (Å²) in [6, 6.07) is 24.3. The Morgan fingerprint density at radius 3 is 2.49 bits per heavy atom. The van der Waals surface area contributed by atoms with Crippen LogP contribution in [-0.2, 0) is 12.8 Å². The first kappa shape index (κ1) is 17.8. The summed E-state index contributed by atoms with van der Waals surface area (Å²) in [7, 11) is 0. The molecule has 162 valence electrons. The minimum Gasteiger partial charge on any atom is -0.276 e. The van der Waals surface area contributed by atoms with Crippen LogP contribution in [0.2, 0.25) is 0 Å². The number of pyridine rings is 3. The number of rotatable bonds is 0. The molecule has 2 aliphatic carbocycles. The average molecular weight is 447 g/mol. The second-order valence-corrected chi connectivity index (χ2v) is 9.67. The highest BCUT2D eigenvalue weighted by atomic mass is 15.1. The molecule has 0 aliphatic heterocycles. The van der Waals surface area contributed by atoms with Crippen molar-refractivity contribution in [3.63, 3.8) is 0 Å². The monoisotopic (exact) mass is 446 g/mol. The summed E-state index contributed by atoms with van der Waals surface area (Å²) in [6.45, 7) is 0. The van der Waals surface area contributed by atoms with E-state index in [1.54, 1.807) is 0 Å². The van der Waals surface area contributed by atoms with Crippen LogP contribution < -0.4 is 0 Å². The third-order valence-electron chi connectivity index (χ3n) is 7.96. The molecule has 0 spiro atoms. The number of benzene rings is 3. The van der Waals surface area contributed by atoms with Gasteiger partial charge in [0.1, 0.15) is 11.3 Å². The fraction of sp³-hybridized carbons (Fsp3) is 0.0645. The Hall–Kier alpha value is -4.57. The SMILES string of the molecule is c1ccc2c(c1)Cc1ccc3c(c1-2)-c1ccc2c(nc4c5cnccc5c5cccnc5n24)c1C3. The van der Waals surface area contributed by atoms with Gasteiger partial charge in [0.05, 0.1) is 11.0 Å². The van der Waals surface area contributed by atoms with Gasteiger partial charge in [0.25, 0.3) is 0 Å². The van der Waals surface area contributed by atoms with Gasteiger partial charge in [-0.25, -0.2) is 9.97 Å². The first-order valence-electron chi connectivity index (χ1n) is 12.0. The van der Waals surface area contributed by atoms with E-state index in [4.69, 9.17) is 9.97 Å². The normalized spacial score (nSPS) is 13.5. The van der Waals surface area contributed by atoms with Gasteiger partial charge in [-0.15, -0.1) is 0 Å². The van der Waals surface area contributed by atoms with Gasteiger partial charge in [0.15, 0.2) is 0 Å². The first-order valence-corrected chi connectivity index (χ1v) is 12.0. The summed E-state index contributed by atoms with van der Waals surface area (Å²) in [5.41, 5.74) is 15.1. The van der Waals surface area contributed by atoms with Crippen LogP contribution in [-0.4, -0.2) is 19.4 Å². The number of imidazole rings is 1. The van der Waals surface area contributed by atoms with E-state index in [-0.39, 0.29) is 0 Å². The van der Waals surface area contributed by atoms with Gasteiger partial charge in [0, 0.05) is 35.8 Å². The van der Waals surface area contributed by atoms with Gasteiger partial charge in [0.2, 0.25) is 0 Å². The average Bonchev–Trinajstić information content (AvgIpc) is 3.59. The molecule has 2 aliphatic rings. The van der Waals surface area contributed by atoms with E-state index in [9.17, 15) is 0 Å². The van der Waals surface area contributed by atoms with E-state index in [0.717, 1.165) is 51.3 Å². The lowest BCUT2D eigenvalue weighted by atomic mass is 9.94. The summed E-state index contributed by atoms with van der Waals surface area (Å²) < 4.78 is 2.22. The molecule has 0 saturated heterocycles. The topological polar surface area (TPSA) is 43.1 Å². The fourth-order valence-corrected chi connectivity index (χ4v) is 6.51. The predicted octanol–water partition coefficient (Wildman–Crippen LogP) is 6.73. The van der Waals surface area contributed by atoms with Gasteiger partial charge in [-0.3, -0.25) is 9.38 Å². The molecular weight excluding hydrogens is 428 g/mol. The second kappa shape index (κ2) is 6.10. The van der Waals surface area contributed by atoms with Gasteiger partial charge in [-0.05, 0) is 80.6 Å². The lowest BCUT2D eigenvalue weighted by Crippen LogP contribution is -1.94. The molecule has 0 bridgehead atoms. The van der Waals surface area contributed by atoms with Crippen molar-refractivity contribution in [1.82, 2.24) is 19.4 Å². The maximum absolute atomic E-state index is 5.27. The van der Waals surface area contributed by atoms with Crippen molar-refractivity contribution >= 4 is 38.5 Å². The van der Waals surface area contributed by atoms with Crippen LogP contribution in [0.3, 0.4) is 0 Å². The van der Waals surface area contributed by atoms with Gasteiger partial charge in [-0.1, -0.05) is 42.5 Å². The van der Waals surface area contributed by atoms with E-state index in [0.29, 0.717) is 0 Å². The largest absolute Gasteiger partial charge is 0.276 e. The molecule has 4 nitrogen and oxygen atoms in total. The third-order valence-corrected chi connectivity index (χ3v) is 7.96. The molecule has 4 heterocycles. The molecule has 4 aromatic heterocycles. The van der Waals surface area contributed by atoms with Crippen molar-refractivity contribution in [3.8, 4) is 22.3 Å². The molecular formula is C31H18N4. The lowest BCUT2D eigenvalue weighted by Gasteiger charge is -2.10. The molecule has 4 heteroatoms. The smallest absolute Gasteiger partial charge is 0.149 e. The van der Waals surface area contributed by atoms with Crippen molar-refractivity contribution in [2.24, 2.45) is 0 Å². The van der Waals surface area contributed by atoms with Gasteiger partial charge >= 0.3 is 0 Å². The van der Waals surface area contributed by atoms with Crippen LogP contribution in [0.4, 0.5) is 0 Å². The van der Waals surface area contributed by atoms with E-state index < -0.39 is 0 Å². The molecule has 0 amide bonds. The highest BCUT2D eigenvalue weighted by Gasteiger charge is 2.30.